The fourth-order valence-corrected chi connectivity index (χ4v) is 2.66. The molecule has 2 aromatic rings. The van der Waals surface area contributed by atoms with Crippen molar-refractivity contribution in [2.75, 3.05) is 0 Å². The third kappa shape index (κ3) is 1.74. The number of hydrogen-bond acceptors (Lipinski definition) is 5. The Morgan fingerprint density at radius 3 is 1.04 bits per heavy atom. The minimum Gasteiger partial charge on any atom is -0.267 e. The van der Waals surface area contributed by atoms with Crippen molar-refractivity contribution in [1.82, 2.24) is 15.6 Å². The van der Waals surface area contributed by atoms with E-state index in [0.29, 0.717) is 10.0 Å². The highest BCUT2D eigenvalue weighted by Crippen LogP contribution is 2.24. The first-order valence-electron chi connectivity index (χ1n) is 6.81. The summed E-state index contributed by atoms with van der Waals surface area (Å²) in [5.41, 5.74) is 3.23. The van der Waals surface area contributed by atoms with Crippen molar-refractivity contribution < 1.29 is 19.2 Å². The Balaban J connectivity index is 1.66. The van der Waals surface area contributed by atoms with Gasteiger partial charge in [-0.2, -0.15) is 10.0 Å². The van der Waals surface area contributed by atoms with Gasteiger partial charge in [0, 0.05) is 0 Å². The van der Waals surface area contributed by atoms with Crippen LogP contribution in [0.3, 0.4) is 0 Å². The van der Waals surface area contributed by atoms with E-state index < -0.39 is 23.6 Å². The lowest BCUT2D eigenvalue weighted by Crippen LogP contribution is -2.54. The van der Waals surface area contributed by atoms with Gasteiger partial charge in [-0.15, -0.1) is 5.53 Å². The van der Waals surface area contributed by atoms with Crippen molar-refractivity contribution in [2.24, 2.45) is 0 Å². The molecule has 112 valence electrons. The van der Waals surface area contributed by atoms with Gasteiger partial charge in [-0.25, -0.2) is 0 Å². The predicted molar refractivity (Wildman–Crippen MR) is 77.0 cm³/mol. The predicted octanol–water partition coefficient (Wildman–Crippen LogP) is 0.998. The summed E-state index contributed by atoms with van der Waals surface area (Å²) in [5, 5.41) is 1.35. The highest BCUT2D eigenvalue weighted by atomic mass is 16.2. The minimum atomic E-state index is -0.609. The van der Waals surface area contributed by atoms with Crippen molar-refractivity contribution in [3.63, 3.8) is 0 Å². The molecular weight excluding hydrogens is 298 g/mol. The maximum atomic E-state index is 12.3. The highest BCUT2D eigenvalue weighted by Gasteiger charge is 2.42. The first kappa shape index (κ1) is 13.4. The zero-order valence-electron chi connectivity index (χ0n) is 11.6. The number of fused-ring (bicyclic) bond motifs is 2. The molecule has 0 aromatic heterocycles. The topological polar surface area (TPSA) is 86.8 Å². The van der Waals surface area contributed by atoms with Gasteiger partial charge in [0.2, 0.25) is 0 Å². The van der Waals surface area contributed by atoms with Crippen molar-refractivity contribution in [1.29, 1.82) is 0 Å². The zero-order valence-corrected chi connectivity index (χ0v) is 11.6. The van der Waals surface area contributed by atoms with Crippen LogP contribution >= 0.6 is 0 Å². The van der Waals surface area contributed by atoms with Crippen LogP contribution in [-0.4, -0.2) is 33.6 Å². The molecule has 2 heterocycles. The second kappa shape index (κ2) is 4.59. The summed E-state index contributed by atoms with van der Waals surface area (Å²) < 4.78 is 0. The summed E-state index contributed by atoms with van der Waals surface area (Å²) in [6, 6.07) is 12.6. The molecule has 1 N–H and O–H groups in total. The molecule has 0 unspecified atom stereocenters. The van der Waals surface area contributed by atoms with Gasteiger partial charge in [0.1, 0.15) is 0 Å². The quantitative estimate of drug-likeness (QED) is 0.836. The largest absolute Gasteiger partial charge is 0.277 e. The van der Waals surface area contributed by atoms with E-state index >= 15 is 0 Å². The lowest BCUT2D eigenvalue weighted by Gasteiger charge is -2.21. The molecule has 0 aliphatic carbocycles. The standard InChI is InChI=1S/C16H9N3O4/c20-13-9-5-1-2-6-10(9)14(21)18(13)17-19-15(22)11-7-3-4-8-12(11)16(19)23/h1-8,17H. The van der Waals surface area contributed by atoms with Gasteiger partial charge in [-0.1, -0.05) is 24.3 Å². The number of hydrazine groups is 2. The smallest absolute Gasteiger partial charge is 0.267 e. The molecular formula is C16H9N3O4. The summed E-state index contributed by atoms with van der Waals surface area (Å²) >= 11 is 0. The first-order chi connectivity index (χ1) is 11.1. The Labute approximate surface area is 130 Å². The Kier molecular flexibility index (Phi) is 2.66. The number of hydrogen-bond donors (Lipinski definition) is 1. The van der Waals surface area contributed by atoms with Crippen LogP contribution in [0, 0.1) is 0 Å². The Morgan fingerprint density at radius 1 is 0.522 bits per heavy atom. The fourth-order valence-electron chi connectivity index (χ4n) is 2.66. The Hall–Kier alpha value is -3.32. The maximum absolute atomic E-state index is 12.3. The molecule has 0 saturated carbocycles. The SMILES string of the molecule is O=C1c2ccccc2C(=O)N1NN1C(=O)c2ccccc2C1=O. The Bertz CT molecular complexity index is 762. The lowest BCUT2D eigenvalue weighted by atomic mass is 10.1. The third-order valence-electron chi connectivity index (χ3n) is 3.79. The second-order valence-electron chi connectivity index (χ2n) is 5.08. The molecule has 4 amide bonds. The average Bonchev–Trinajstić information content (AvgIpc) is 2.97. The summed E-state index contributed by atoms with van der Waals surface area (Å²) in [5.74, 6) is -2.44. The van der Waals surface area contributed by atoms with Crippen LogP contribution in [0.1, 0.15) is 41.4 Å². The van der Waals surface area contributed by atoms with Gasteiger partial charge in [-0.05, 0) is 24.3 Å². The van der Waals surface area contributed by atoms with Crippen molar-refractivity contribution in [3.8, 4) is 0 Å². The number of carbonyl (C=O) groups excluding carboxylic acids is 4. The number of rotatable bonds is 2. The van der Waals surface area contributed by atoms with Crippen LogP contribution in [0.5, 0.6) is 0 Å². The maximum Gasteiger partial charge on any atom is 0.277 e. The number of benzene rings is 2. The van der Waals surface area contributed by atoms with E-state index in [0.717, 1.165) is 0 Å². The average molecular weight is 307 g/mol. The lowest BCUT2D eigenvalue weighted by molar-refractivity contribution is 0.0234. The third-order valence-corrected chi connectivity index (χ3v) is 3.79. The van der Waals surface area contributed by atoms with Crippen LogP contribution in [0.25, 0.3) is 0 Å². The molecule has 7 heteroatoms. The highest BCUT2D eigenvalue weighted by molar-refractivity contribution is 6.23. The van der Waals surface area contributed by atoms with E-state index in [2.05, 4.69) is 5.53 Å². The molecule has 2 aliphatic heterocycles. The van der Waals surface area contributed by atoms with E-state index in [1.807, 2.05) is 0 Å². The molecule has 0 saturated heterocycles. The molecule has 0 atom stereocenters. The van der Waals surface area contributed by atoms with E-state index in [1.54, 1.807) is 24.3 Å². The van der Waals surface area contributed by atoms with Crippen LogP contribution < -0.4 is 5.53 Å². The molecule has 2 aromatic carbocycles. The van der Waals surface area contributed by atoms with Crippen molar-refractivity contribution in [3.05, 3.63) is 70.8 Å². The number of nitrogens with zero attached hydrogens (tertiary/aromatic N) is 2. The van der Waals surface area contributed by atoms with Crippen molar-refractivity contribution in [2.45, 2.75) is 0 Å². The van der Waals surface area contributed by atoms with Crippen LogP contribution in [0.4, 0.5) is 0 Å². The monoisotopic (exact) mass is 307 g/mol. The summed E-state index contributed by atoms with van der Waals surface area (Å²) in [6.45, 7) is 0. The van der Waals surface area contributed by atoms with E-state index in [-0.39, 0.29) is 22.3 Å². The van der Waals surface area contributed by atoms with Gasteiger partial charge in [0.25, 0.3) is 23.6 Å². The molecule has 0 radical (unpaired) electrons. The number of amides is 4. The molecule has 7 nitrogen and oxygen atoms in total. The van der Waals surface area contributed by atoms with E-state index in [1.165, 1.54) is 24.3 Å². The second-order valence-corrected chi connectivity index (χ2v) is 5.08. The molecule has 0 fully saturated rings. The normalized spacial score (nSPS) is 16.2. The van der Waals surface area contributed by atoms with Gasteiger partial charge < -0.3 is 0 Å². The Morgan fingerprint density at radius 2 is 0.783 bits per heavy atom. The number of imide groups is 2. The van der Waals surface area contributed by atoms with Gasteiger partial charge >= 0.3 is 0 Å². The van der Waals surface area contributed by atoms with Crippen LogP contribution in [0.15, 0.2) is 48.5 Å². The van der Waals surface area contributed by atoms with Gasteiger partial charge in [0.15, 0.2) is 0 Å². The van der Waals surface area contributed by atoms with E-state index in [9.17, 15) is 19.2 Å². The minimum absolute atomic E-state index is 0.224. The van der Waals surface area contributed by atoms with Crippen LogP contribution in [-0.2, 0) is 0 Å². The molecule has 2 aliphatic rings. The molecule has 23 heavy (non-hydrogen) atoms. The van der Waals surface area contributed by atoms with Crippen molar-refractivity contribution >= 4 is 23.6 Å². The molecule has 4 rings (SSSR count). The summed E-state index contributed by atoms with van der Waals surface area (Å²) in [7, 11) is 0. The number of carbonyl (C=O) groups is 4. The molecule has 0 spiro atoms. The first-order valence-corrected chi connectivity index (χ1v) is 6.81. The van der Waals surface area contributed by atoms with Gasteiger partial charge in [-0.3, -0.25) is 19.2 Å². The zero-order chi connectivity index (χ0) is 16.1. The fraction of sp³-hybridized carbons (Fsp3) is 0. The van der Waals surface area contributed by atoms with E-state index in [4.69, 9.17) is 0 Å². The van der Waals surface area contributed by atoms with Gasteiger partial charge in [0.05, 0.1) is 22.3 Å². The summed E-state index contributed by atoms with van der Waals surface area (Å²) in [4.78, 5) is 49.1. The molecule has 0 bridgehead atoms. The van der Waals surface area contributed by atoms with Crippen LogP contribution in [0.2, 0.25) is 0 Å². The number of nitrogens with one attached hydrogen (secondary N) is 1. The summed E-state index contributed by atoms with van der Waals surface area (Å²) in [6.07, 6.45) is 0.